The smallest absolute Gasteiger partial charge is 0.341 e. The minimum absolute atomic E-state index is 0.0104. The Morgan fingerprint density at radius 1 is 1.12 bits per heavy atom. The topological polar surface area (TPSA) is 198 Å². The third-order valence-corrected chi connectivity index (χ3v) is 6.67. The molecule has 40 heavy (non-hydrogen) atoms. The quantitative estimate of drug-likeness (QED) is 0.200. The molecule has 5 atom stereocenters. The summed E-state index contributed by atoms with van der Waals surface area (Å²) < 4.78 is 9.97. The number of ether oxygens (including phenoxy) is 2. The van der Waals surface area contributed by atoms with Gasteiger partial charge in [-0.1, -0.05) is 19.9 Å². The van der Waals surface area contributed by atoms with Crippen molar-refractivity contribution in [3.8, 4) is 5.75 Å². The van der Waals surface area contributed by atoms with Gasteiger partial charge in [0.2, 0.25) is 17.7 Å². The van der Waals surface area contributed by atoms with Gasteiger partial charge in [-0.3, -0.25) is 14.4 Å². The van der Waals surface area contributed by atoms with Crippen molar-refractivity contribution < 1.29 is 43.7 Å². The fourth-order valence-corrected chi connectivity index (χ4v) is 4.61. The molecule has 0 spiro atoms. The number of carboxylic acid groups (broad SMARTS) is 1. The van der Waals surface area contributed by atoms with Gasteiger partial charge in [-0.25, -0.2) is 9.59 Å². The van der Waals surface area contributed by atoms with E-state index in [1.54, 1.807) is 12.1 Å². The van der Waals surface area contributed by atoms with E-state index in [2.05, 4.69) is 10.6 Å². The van der Waals surface area contributed by atoms with Crippen LogP contribution >= 0.6 is 0 Å². The van der Waals surface area contributed by atoms with E-state index in [-0.39, 0.29) is 30.9 Å². The van der Waals surface area contributed by atoms with Crippen molar-refractivity contribution in [2.24, 2.45) is 11.7 Å². The van der Waals surface area contributed by atoms with Crippen LogP contribution in [0.1, 0.15) is 56.0 Å². The summed E-state index contributed by atoms with van der Waals surface area (Å²) in [7, 11) is 2.66. The number of likely N-dealkylation sites (tertiary alicyclic amines) is 1. The zero-order valence-electron chi connectivity index (χ0n) is 23.5. The lowest BCUT2D eigenvalue weighted by Crippen LogP contribution is -2.58. The van der Waals surface area contributed by atoms with Gasteiger partial charge >= 0.3 is 11.9 Å². The Hall–Kier alpha value is -3.71. The molecule has 0 unspecified atom stereocenters. The number of benzene rings is 1. The first-order valence-electron chi connectivity index (χ1n) is 13.1. The van der Waals surface area contributed by atoms with Crippen LogP contribution in [0.5, 0.6) is 5.75 Å². The second-order valence-corrected chi connectivity index (χ2v) is 10.3. The summed E-state index contributed by atoms with van der Waals surface area (Å²) in [6, 6.07) is 0.278. The molecule has 1 aliphatic rings. The fraction of sp³-hybridized carbons (Fsp3) is 0.593. The Kier molecular flexibility index (Phi) is 11.9. The molecule has 0 aromatic heterocycles. The number of aliphatic hydroxyl groups excluding tert-OH is 1. The van der Waals surface area contributed by atoms with Crippen molar-refractivity contribution in [1.82, 2.24) is 15.5 Å². The van der Waals surface area contributed by atoms with E-state index < -0.39 is 59.9 Å². The number of methoxy groups -OCH3 is 2. The van der Waals surface area contributed by atoms with E-state index in [9.17, 15) is 34.2 Å². The lowest BCUT2D eigenvalue weighted by molar-refractivity contribution is -0.147. The molecular formula is C27H40N4O9. The minimum Gasteiger partial charge on any atom is -0.496 e. The Morgan fingerprint density at radius 3 is 2.35 bits per heavy atom. The maximum atomic E-state index is 13.5. The summed E-state index contributed by atoms with van der Waals surface area (Å²) in [6.07, 6.45) is -0.171. The summed E-state index contributed by atoms with van der Waals surface area (Å²) in [5.41, 5.74) is 6.93. The van der Waals surface area contributed by atoms with Gasteiger partial charge in [-0.15, -0.1) is 0 Å². The van der Waals surface area contributed by atoms with Crippen LogP contribution in [0.3, 0.4) is 0 Å². The summed E-state index contributed by atoms with van der Waals surface area (Å²) in [6.45, 7) is 5.26. The second-order valence-electron chi connectivity index (χ2n) is 10.3. The van der Waals surface area contributed by atoms with Gasteiger partial charge in [0.15, 0.2) is 6.04 Å². The van der Waals surface area contributed by atoms with Crippen molar-refractivity contribution >= 4 is 29.7 Å². The molecule has 1 heterocycles. The van der Waals surface area contributed by atoms with Gasteiger partial charge in [0.25, 0.3) is 0 Å². The summed E-state index contributed by atoms with van der Waals surface area (Å²) in [5.74, 6) is -3.44. The highest BCUT2D eigenvalue weighted by Crippen LogP contribution is 2.23. The maximum absolute atomic E-state index is 13.5. The number of hydrogen-bond donors (Lipinski definition) is 5. The summed E-state index contributed by atoms with van der Waals surface area (Å²) >= 11 is 0. The molecule has 13 nitrogen and oxygen atoms in total. The molecule has 13 heteroatoms. The van der Waals surface area contributed by atoms with Crippen LogP contribution in [-0.4, -0.2) is 95.8 Å². The number of carbonyl (C=O) groups excluding carboxylic acids is 4. The molecule has 3 amide bonds. The molecule has 0 radical (unpaired) electrons. The number of nitrogens with zero attached hydrogens (tertiary/aromatic N) is 1. The highest BCUT2D eigenvalue weighted by atomic mass is 16.5. The lowest BCUT2D eigenvalue weighted by atomic mass is 9.99. The Balaban J connectivity index is 2.16. The average molecular weight is 565 g/mol. The van der Waals surface area contributed by atoms with E-state index in [1.165, 1.54) is 32.1 Å². The number of hydrogen-bond acceptors (Lipinski definition) is 9. The number of nitrogens with one attached hydrogen (secondary N) is 2. The first kappa shape index (κ1) is 32.5. The Morgan fingerprint density at radius 2 is 1.80 bits per heavy atom. The Labute approximate surface area is 233 Å². The third kappa shape index (κ3) is 8.39. The minimum atomic E-state index is -1.52. The van der Waals surface area contributed by atoms with Crippen molar-refractivity contribution in [2.45, 2.75) is 76.7 Å². The lowest BCUT2D eigenvalue weighted by Gasteiger charge is -2.31. The normalized spacial score (nSPS) is 17.9. The number of amides is 3. The molecule has 1 fully saturated rings. The van der Waals surface area contributed by atoms with Crippen LogP contribution in [0.15, 0.2) is 18.2 Å². The number of nitrogens with two attached hydrogens (primary N) is 1. The highest BCUT2D eigenvalue weighted by Gasteiger charge is 2.39. The predicted molar refractivity (Wildman–Crippen MR) is 143 cm³/mol. The van der Waals surface area contributed by atoms with Gasteiger partial charge in [0.1, 0.15) is 23.4 Å². The van der Waals surface area contributed by atoms with E-state index >= 15 is 0 Å². The van der Waals surface area contributed by atoms with Gasteiger partial charge < -0.3 is 41.0 Å². The second kappa shape index (κ2) is 14.6. The van der Waals surface area contributed by atoms with Crippen molar-refractivity contribution in [2.75, 3.05) is 20.8 Å². The molecule has 6 N–H and O–H groups in total. The molecule has 1 aromatic rings. The molecule has 0 bridgehead atoms. The maximum Gasteiger partial charge on any atom is 0.341 e. The Bertz CT molecular complexity index is 1090. The number of carbonyl (C=O) groups is 5. The van der Waals surface area contributed by atoms with Gasteiger partial charge in [0.05, 0.1) is 26.4 Å². The zero-order valence-corrected chi connectivity index (χ0v) is 23.5. The van der Waals surface area contributed by atoms with Gasteiger partial charge in [-0.2, -0.15) is 0 Å². The first-order chi connectivity index (χ1) is 18.8. The number of esters is 1. The molecule has 222 valence electrons. The number of aliphatic carboxylic acids is 1. The van der Waals surface area contributed by atoms with Gasteiger partial charge in [-0.05, 0) is 56.2 Å². The van der Waals surface area contributed by atoms with Crippen LogP contribution in [0, 0.1) is 5.92 Å². The van der Waals surface area contributed by atoms with E-state index in [1.807, 2.05) is 13.8 Å². The van der Waals surface area contributed by atoms with Crippen molar-refractivity contribution in [3.05, 3.63) is 29.3 Å². The van der Waals surface area contributed by atoms with Crippen LogP contribution < -0.4 is 21.1 Å². The van der Waals surface area contributed by atoms with E-state index in [0.29, 0.717) is 24.2 Å². The highest BCUT2D eigenvalue weighted by molar-refractivity contribution is 5.95. The summed E-state index contributed by atoms with van der Waals surface area (Å²) in [5, 5.41) is 24.0. The monoisotopic (exact) mass is 564 g/mol. The SMILES string of the molecule is COC(=O)c1cc(C[C@H](N)C(=O)N[C@@H](CC(C)C)C(=O)N2CCC[C@H]2C(=O)N[C@H](C(=O)O)[C@@H](C)O)ccc1OC. The fourth-order valence-electron chi connectivity index (χ4n) is 4.61. The standard InChI is InChI=1S/C27H40N4O9/c1-14(2)11-19(25(35)31-10-6-7-20(31)24(34)30-22(15(3)32)26(36)37)29-23(33)18(28)13-16-8-9-21(39-4)17(12-16)27(38)40-5/h8-9,12,14-15,18-20,22,32H,6-7,10-11,13,28H2,1-5H3,(H,29,33)(H,30,34)(H,36,37)/t15-,18+,19+,20+,22+/m1/s1. The van der Waals surface area contributed by atoms with Crippen LogP contribution in [-0.2, 0) is 30.3 Å². The van der Waals surface area contributed by atoms with E-state index in [0.717, 1.165) is 0 Å². The first-order valence-corrected chi connectivity index (χ1v) is 13.1. The number of aliphatic hydroxyl groups is 1. The summed E-state index contributed by atoms with van der Waals surface area (Å²) in [4.78, 5) is 64.3. The van der Waals surface area contributed by atoms with Crippen LogP contribution in [0.2, 0.25) is 0 Å². The van der Waals surface area contributed by atoms with Crippen molar-refractivity contribution in [1.29, 1.82) is 0 Å². The van der Waals surface area contributed by atoms with Crippen LogP contribution in [0.4, 0.5) is 0 Å². The molecule has 1 aromatic carbocycles. The zero-order chi connectivity index (χ0) is 30.1. The van der Waals surface area contributed by atoms with Crippen LogP contribution in [0.25, 0.3) is 0 Å². The molecule has 1 saturated heterocycles. The largest absolute Gasteiger partial charge is 0.496 e. The van der Waals surface area contributed by atoms with Gasteiger partial charge in [0, 0.05) is 6.54 Å². The molecule has 0 saturated carbocycles. The molecule has 2 rings (SSSR count). The van der Waals surface area contributed by atoms with E-state index in [4.69, 9.17) is 15.2 Å². The average Bonchev–Trinajstić information content (AvgIpc) is 3.39. The number of carboxylic acids is 1. The predicted octanol–water partition coefficient (Wildman–Crippen LogP) is -0.176. The molecule has 1 aliphatic heterocycles. The molecule has 0 aliphatic carbocycles. The number of rotatable bonds is 13. The molecular weight excluding hydrogens is 524 g/mol. The third-order valence-electron chi connectivity index (χ3n) is 6.67. The van der Waals surface area contributed by atoms with Crippen molar-refractivity contribution in [3.63, 3.8) is 0 Å².